The quantitative estimate of drug-likeness (QED) is 0.760. The highest BCUT2D eigenvalue weighted by Crippen LogP contribution is 2.13. The lowest BCUT2D eigenvalue weighted by atomic mass is 10.3. The predicted octanol–water partition coefficient (Wildman–Crippen LogP) is 2.69. The van der Waals surface area contributed by atoms with E-state index in [0.29, 0.717) is 0 Å². The van der Waals surface area contributed by atoms with Gasteiger partial charge < -0.3 is 9.73 Å². The van der Waals surface area contributed by atoms with E-state index in [2.05, 4.69) is 31.1 Å². The van der Waals surface area contributed by atoms with E-state index in [4.69, 9.17) is 4.42 Å². The van der Waals surface area contributed by atoms with Gasteiger partial charge in [0.1, 0.15) is 5.76 Å². The maximum atomic E-state index is 5.61. The standard InChI is InChI=1S/C11H20N2O/c1-4-6-10-8-13-11(14-10)9(3)12-7-5-2/h8-9,12H,4-7H2,1-3H3. The predicted molar refractivity (Wildman–Crippen MR) is 57.2 cm³/mol. The number of aromatic nitrogens is 1. The van der Waals surface area contributed by atoms with Gasteiger partial charge in [-0.2, -0.15) is 0 Å². The Morgan fingerprint density at radius 2 is 2.21 bits per heavy atom. The lowest BCUT2D eigenvalue weighted by Crippen LogP contribution is -2.19. The van der Waals surface area contributed by atoms with Crippen molar-refractivity contribution in [1.29, 1.82) is 0 Å². The van der Waals surface area contributed by atoms with Crippen molar-refractivity contribution in [2.24, 2.45) is 0 Å². The lowest BCUT2D eigenvalue weighted by Gasteiger charge is -2.08. The maximum absolute atomic E-state index is 5.61. The van der Waals surface area contributed by atoms with E-state index in [9.17, 15) is 0 Å². The topological polar surface area (TPSA) is 38.1 Å². The van der Waals surface area contributed by atoms with Crippen molar-refractivity contribution in [3.05, 3.63) is 17.8 Å². The zero-order valence-corrected chi connectivity index (χ0v) is 9.34. The average Bonchev–Trinajstić information content (AvgIpc) is 2.63. The smallest absolute Gasteiger partial charge is 0.211 e. The molecule has 1 N–H and O–H groups in total. The fourth-order valence-electron chi connectivity index (χ4n) is 1.33. The molecule has 0 amide bonds. The molecular formula is C11H20N2O. The van der Waals surface area contributed by atoms with Crippen molar-refractivity contribution in [3.8, 4) is 0 Å². The fraction of sp³-hybridized carbons (Fsp3) is 0.727. The van der Waals surface area contributed by atoms with Gasteiger partial charge in [-0.15, -0.1) is 0 Å². The Balaban J connectivity index is 2.48. The molecule has 1 rings (SSSR count). The van der Waals surface area contributed by atoms with Gasteiger partial charge in [0, 0.05) is 6.42 Å². The summed E-state index contributed by atoms with van der Waals surface area (Å²) in [6.45, 7) is 7.38. The van der Waals surface area contributed by atoms with E-state index in [1.807, 2.05) is 6.20 Å². The SMILES string of the molecule is CCCNC(C)c1ncc(CCC)o1. The van der Waals surface area contributed by atoms with Gasteiger partial charge in [0.25, 0.3) is 0 Å². The molecule has 0 aliphatic heterocycles. The van der Waals surface area contributed by atoms with Gasteiger partial charge >= 0.3 is 0 Å². The van der Waals surface area contributed by atoms with Gasteiger partial charge in [0.05, 0.1) is 12.2 Å². The third-order valence-corrected chi connectivity index (χ3v) is 2.14. The van der Waals surface area contributed by atoms with Crippen LogP contribution in [0.15, 0.2) is 10.6 Å². The zero-order chi connectivity index (χ0) is 10.4. The Bertz CT molecular complexity index is 258. The summed E-state index contributed by atoms with van der Waals surface area (Å²) in [7, 11) is 0. The zero-order valence-electron chi connectivity index (χ0n) is 9.34. The van der Waals surface area contributed by atoms with E-state index in [1.54, 1.807) is 0 Å². The summed E-state index contributed by atoms with van der Waals surface area (Å²) in [5.41, 5.74) is 0. The van der Waals surface area contributed by atoms with Crippen LogP contribution in [0.4, 0.5) is 0 Å². The largest absolute Gasteiger partial charge is 0.444 e. The van der Waals surface area contributed by atoms with Gasteiger partial charge in [-0.05, 0) is 26.3 Å². The molecular weight excluding hydrogens is 176 g/mol. The van der Waals surface area contributed by atoms with Crippen molar-refractivity contribution in [2.45, 2.75) is 46.1 Å². The molecule has 0 radical (unpaired) electrons. The van der Waals surface area contributed by atoms with Crippen LogP contribution >= 0.6 is 0 Å². The summed E-state index contributed by atoms with van der Waals surface area (Å²) in [4.78, 5) is 4.26. The number of oxazole rings is 1. The van der Waals surface area contributed by atoms with E-state index >= 15 is 0 Å². The summed E-state index contributed by atoms with van der Waals surface area (Å²) in [5, 5.41) is 3.35. The summed E-state index contributed by atoms with van der Waals surface area (Å²) in [5.74, 6) is 1.80. The molecule has 0 aliphatic carbocycles. The summed E-state index contributed by atoms with van der Waals surface area (Å²) in [6.07, 6.45) is 5.05. The van der Waals surface area contributed by atoms with Crippen LogP contribution in [0.2, 0.25) is 0 Å². The Kier molecular flexibility index (Phi) is 4.66. The van der Waals surface area contributed by atoms with Crippen molar-refractivity contribution in [1.82, 2.24) is 10.3 Å². The Morgan fingerprint density at radius 1 is 1.43 bits per heavy atom. The number of nitrogens with zero attached hydrogens (tertiary/aromatic N) is 1. The number of nitrogens with one attached hydrogen (secondary N) is 1. The van der Waals surface area contributed by atoms with E-state index < -0.39 is 0 Å². The second kappa shape index (κ2) is 5.81. The minimum atomic E-state index is 0.223. The van der Waals surface area contributed by atoms with Crippen LogP contribution in [0, 0.1) is 0 Å². The van der Waals surface area contributed by atoms with Crippen LogP contribution in [0.25, 0.3) is 0 Å². The van der Waals surface area contributed by atoms with Gasteiger partial charge in [0.15, 0.2) is 0 Å². The highest BCUT2D eigenvalue weighted by molar-refractivity contribution is 4.97. The summed E-state index contributed by atoms with van der Waals surface area (Å²) < 4.78 is 5.61. The third kappa shape index (κ3) is 3.14. The second-order valence-electron chi connectivity index (χ2n) is 3.59. The molecule has 0 aliphatic rings. The molecule has 3 heteroatoms. The average molecular weight is 196 g/mol. The molecule has 1 aromatic heterocycles. The molecule has 1 atom stereocenters. The second-order valence-corrected chi connectivity index (χ2v) is 3.59. The number of aryl methyl sites for hydroxylation is 1. The maximum Gasteiger partial charge on any atom is 0.211 e. The van der Waals surface area contributed by atoms with Crippen LogP contribution < -0.4 is 5.32 Å². The molecule has 1 heterocycles. The van der Waals surface area contributed by atoms with Crippen molar-refractivity contribution in [2.75, 3.05) is 6.54 Å². The molecule has 0 fully saturated rings. The number of rotatable bonds is 6. The first-order chi connectivity index (χ1) is 6.77. The van der Waals surface area contributed by atoms with Gasteiger partial charge in [-0.3, -0.25) is 0 Å². The normalized spacial score (nSPS) is 13.1. The van der Waals surface area contributed by atoms with Crippen LogP contribution in [0.1, 0.15) is 51.3 Å². The van der Waals surface area contributed by atoms with E-state index in [0.717, 1.165) is 37.5 Å². The lowest BCUT2D eigenvalue weighted by molar-refractivity contribution is 0.394. The molecule has 0 aromatic carbocycles. The molecule has 3 nitrogen and oxygen atoms in total. The van der Waals surface area contributed by atoms with E-state index in [1.165, 1.54) is 0 Å². The monoisotopic (exact) mass is 196 g/mol. The molecule has 0 saturated heterocycles. The Hall–Kier alpha value is -0.830. The highest BCUT2D eigenvalue weighted by Gasteiger charge is 2.10. The first kappa shape index (κ1) is 11.2. The Labute approximate surface area is 85.9 Å². The van der Waals surface area contributed by atoms with Crippen LogP contribution in [-0.4, -0.2) is 11.5 Å². The third-order valence-electron chi connectivity index (χ3n) is 2.14. The van der Waals surface area contributed by atoms with Gasteiger partial charge in [-0.25, -0.2) is 4.98 Å². The van der Waals surface area contributed by atoms with Crippen LogP contribution in [0.3, 0.4) is 0 Å². The van der Waals surface area contributed by atoms with Crippen molar-refractivity contribution < 1.29 is 4.42 Å². The summed E-state index contributed by atoms with van der Waals surface area (Å²) >= 11 is 0. The highest BCUT2D eigenvalue weighted by atomic mass is 16.4. The molecule has 14 heavy (non-hydrogen) atoms. The summed E-state index contributed by atoms with van der Waals surface area (Å²) in [6, 6.07) is 0.223. The molecule has 80 valence electrons. The molecule has 0 spiro atoms. The first-order valence-corrected chi connectivity index (χ1v) is 5.45. The van der Waals surface area contributed by atoms with Crippen molar-refractivity contribution in [3.63, 3.8) is 0 Å². The van der Waals surface area contributed by atoms with Gasteiger partial charge in [-0.1, -0.05) is 13.8 Å². The number of hydrogen-bond donors (Lipinski definition) is 1. The van der Waals surface area contributed by atoms with Gasteiger partial charge in [0.2, 0.25) is 5.89 Å². The van der Waals surface area contributed by atoms with Crippen molar-refractivity contribution >= 4 is 0 Å². The molecule has 1 aromatic rings. The molecule has 1 unspecified atom stereocenters. The molecule has 0 saturated carbocycles. The molecule has 0 bridgehead atoms. The minimum absolute atomic E-state index is 0.223. The van der Waals surface area contributed by atoms with Crippen LogP contribution in [-0.2, 0) is 6.42 Å². The minimum Gasteiger partial charge on any atom is -0.444 e. The fourth-order valence-corrected chi connectivity index (χ4v) is 1.33. The van der Waals surface area contributed by atoms with E-state index in [-0.39, 0.29) is 6.04 Å². The van der Waals surface area contributed by atoms with Crippen LogP contribution in [0.5, 0.6) is 0 Å². The number of hydrogen-bond acceptors (Lipinski definition) is 3. The first-order valence-electron chi connectivity index (χ1n) is 5.45. The Morgan fingerprint density at radius 3 is 2.86 bits per heavy atom.